The Morgan fingerprint density at radius 1 is 1.42 bits per heavy atom. The van der Waals surface area contributed by atoms with Crippen molar-refractivity contribution in [2.24, 2.45) is 0 Å². The third kappa shape index (κ3) is 2.94. The van der Waals surface area contributed by atoms with Gasteiger partial charge in [0.1, 0.15) is 11.4 Å². The van der Waals surface area contributed by atoms with Gasteiger partial charge in [-0.25, -0.2) is 0 Å². The molecule has 0 bridgehead atoms. The lowest BCUT2D eigenvalue weighted by atomic mass is 10.2. The van der Waals surface area contributed by atoms with Crippen LogP contribution >= 0.6 is 0 Å². The third-order valence-electron chi connectivity index (χ3n) is 3.20. The number of anilines is 1. The molecule has 0 spiro atoms. The van der Waals surface area contributed by atoms with Crippen LogP contribution in [-0.2, 0) is 4.74 Å². The minimum atomic E-state index is -0.411. The van der Waals surface area contributed by atoms with Crippen molar-refractivity contribution in [2.75, 3.05) is 32.6 Å². The molecule has 1 aromatic rings. The van der Waals surface area contributed by atoms with Gasteiger partial charge >= 0.3 is 0 Å². The number of nitrogens with one attached hydrogen (secondary N) is 2. The van der Waals surface area contributed by atoms with E-state index in [0.717, 1.165) is 6.54 Å². The number of nitrogens with zero attached hydrogens (tertiary/aromatic N) is 1. The molecule has 2 rings (SSSR count). The van der Waals surface area contributed by atoms with Crippen molar-refractivity contribution in [1.29, 1.82) is 0 Å². The van der Waals surface area contributed by atoms with Crippen LogP contribution in [0.3, 0.4) is 0 Å². The minimum absolute atomic E-state index is 0.00388. The van der Waals surface area contributed by atoms with E-state index >= 15 is 0 Å². The highest BCUT2D eigenvalue weighted by Crippen LogP contribution is 2.30. The zero-order chi connectivity index (χ0) is 13.8. The van der Waals surface area contributed by atoms with E-state index in [-0.39, 0.29) is 17.8 Å². The Hall–Kier alpha value is -1.86. The summed E-state index contributed by atoms with van der Waals surface area (Å²) >= 11 is 0. The van der Waals surface area contributed by atoms with Crippen molar-refractivity contribution in [1.82, 2.24) is 5.32 Å². The van der Waals surface area contributed by atoms with E-state index in [9.17, 15) is 10.1 Å². The number of hydrogen-bond donors (Lipinski definition) is 2. The molecule has 0 aliphatic carbocycles. The highest BCUT2D eigenvalue weighted by Gasteiger charge is 2.28. The lowest BCUT2D eigenvalue weighted by Crippen LogP contribution is -2.33. The van der Waals surface area contributed by atoms with Crippen LogP contribution in [0.4, 0.5) is 11.4 Å². The second-order valence-corrected chi connectivity index (χ2v) is 4.32. The molecule has 0 saturated carbocycles. The number of nitro groups is 1. The average Bonchev–Trinajstić information content (AvgIpc) is 2.85. The fraction of sp³-hybridized carbons (Fsp3) is 0.500. The van der Waals surface area contributed by atoms with E-state index in [1.54, 1.807) is 19.2 Å². The molecule has 0 amide bonds. The molecule has 1 aliphatic rings. The smallest absolute Gasteiger partial charge is 0.292 e. The van der Waals surface area contributed by atoms with Gasteiger partial charge in [0.05, 0.1) is 24.2 Å². The van der Waals surface area contributed by atoms with Gasteiger partial charge in [-0.3, -0.25) is 10.1 Å². The Labute approximate surface area is 111 Å². The zero-order valence-corrected chi connectivity index (χ0v) is 10.9. The number of ether oxygens (including phenoxy) is 2. The van der Waals surface area contributed by atoms with Crippen LogP contribution in [0, 0.1) is 10.1 Å². The predicted molar refractivity (Wildman–Crippen MR) is 70.7 cm³/mol. The highest BCUT2D eigenvalue weighted by atomic mass is 16.6. The molecule has 1 heterocycles. The summed E-state index contributed by atoms with van der Waals surface area (Å²) in [6.07, 6.45) is -0.00851. The molecular formula is C12H17N3O4. The second kappa shape index (κ2) is 5.85. The molecule has 19 heavy (non-hydrogen) atoms. The second-order valence-electron chi connectivity index (χ2n) is 4.32. The third-order valence-corrected chi connectivity index (χ3v) is 3.20. The Kier molecular flexibility index (Phi) is 4.18. The minimum Gasteiger partial charge on any atom is -0.497 e. The number of rotatable bonds is 5. The topological polar surface area (TPSA) is 85.7 Å². The van der Waals surface area contributed by atoms with Gasteiger partial charge < -0.3 is 20.1 Å². The van der Waals surface area contributed by atoms with E-state index in [0.29, 0.717) is 18.0 Å². The van der Waals surface area contributed by atoms with Crippen LogP contribution in [0.15, 0.2) is 18.2 Å². The summed E-state index contributed by atoms with van der Waals surface area (Å²) in [5, 5.41) is 17.4. The van der Waals surface area contributed by atoms with Gasteiger partial charge in [0.25, 0.3) is 5.69 Å². The van der Waals surface area contributed by atoms with Crippen molar-refractivity contribution >= 4 is 11.4 Å². The fourth-order valence-corrected chi connectivity index (χ4v) is 2.16. The number of nitro benzene ring substituents is 1. The molecule has 1 aliphatic heterocycles. The number of hydrogen-bond acceptors (Lipinski definition) is 6. The molecule has 2 N–H and O–H groups in total. The molecule has 0 radical (unpaired) electrons. The number of benzene rings is 1. The van der Waals surface area contributed by atoms with Gasteiger partial charge in [0, 0.05) is 32.3 Å². The molecule has 1 aromatic carbocycles. The number of methoxy groups -OCH3 is 2. The van der Waals surface area contributed by atoms with Crippen LogP contribution < -0.4 is 15.4 Å². The van der Waals surface area contributed by atoms with Gasteiger partial charge in [-0.2, -0.15) is 0 Å². The summed E-state index contributed by atoms with van der Waals surface area (Å²) in [7, 11) is 3.16. The van der Waals surface area contributed by atoms with Gasteiger partial charge in [0.2, 0.25) is 0 Å². The van der Waals surface area contributed by atoms with E-state index in [1.807, 2.05) is 0 Å². The Morgan fingerprint density at radius 3 is 2.84 bits per heavy atom. The Morgan fingerprint density at radius 2 is 2.21 bits per heavy atom. The maximum absolute atomic E-state index is 11.0. The predicted octanol–water partition coefficient (Wildman–Crippen LogP) is 1.00. The summed E-state index contributed by atoms with van der Waals surface area (Å²) in [5.74, 6) is 0.577. The summed E-state index contributed by atoms with van der Waals surface area (Å²) in [5.41, 5.74) is 0.475. The quantitative estimate of drug-likeness (QED) is 0.611. The SMILES string of the molecule is COc1ccc([N+](=O)[O-])c(NC2CNC[C@@H]2OC)c1. The van der Waals surface area contributed by atoms with E-state index < -0.39 is 4.92 Å². The van der Waals surface area contributed by atoms with Gasteiger partial charge in [0.15, 0.2) is 0 Å². The Bertz CT molecular complexity index is 466. The molecule has 104 valence electrons. The molecule has 0 aromatic heterocycles. The van der Waals surface area contributed by atoms with Crippen molar-refractivity contribution in [2.45, 2.75) is 12.1 Å². The molecule has 1 saturated heterocycles. The van der Waals surface area contributed by atoms with Crippen molar-refractivity contribution in [3.63, 3.8) is 0 Å². The first-order valence-corrected chi connectivity index (χ1v) is 5.98. The highest BCUT2D eigenvalue weighted by molar-refractivity contribution is 5.64. The normalized spacial score (nSPS) is 22.2. The van der Waals surface area contributed by atoms with E-state index in [1.165, 1.54) is 13.2 Å². The fourth-order valence-electron chi connectivity index (χ4n) is 2.16. The maximum Gasteiger partial charge on any atom is 0.292 e. The van der Waals surface area contributed by atoms with Gasteiger partial charge in [-0.15, -0.1) is 0 Å². The molecule has 1 fully saturated rings. The van der Waals surface area contributed by atoms with Crippen LogP contribution in [-0.4, -0.2) is 44.4 Å². The lowest BCUT2D eigenvalue weighted by Gasteiger charge is -2.19. The summed E-state index contributed by atoms with van der Waals surface area (Å²) < 4.78 is 10.4. The summed E-state index contributed by atoms with van der Waals surface area (Å²) in [6.45, 7) is 1.43. The zero-order valence-electron chi connectivity index (χ0n) is 10.9. The monoisotopic (exact) mass is 267 g/mol. The van der Waals surface area contributed by atoms with E-state index in [4.69, 9.17) is 9.47 Å². The Balaban J connectivity index is 2.24. The van der Waals surface area contributed by atoms with Crippen LogP contribution in [0.2, 0.25) is 0 Å². The molecule has 1 unspecified atom stereocenters. The molecule has 7 heteroatoms. The van der Waals surface area contributed by atoms with Crippen LogP contribution in [0.5, 0.6) is 5.75 Å². The summed E-state index contributed by atoms with van der Waals surface area (Å²) in [6, 6.07) is 4.63. The maximum atomic E-state index is 11.0. The van der Waals surface area contributed by atoms with Crippen molar-refractivity contribution < 1.29 is 14.4 Å². The van der Waals surface area contributed by atoms with Gasteiger partial charge in [-0.1, -0.05) is 0 Å². The average molecular weight is 267 g/mol. The molecular weight excluding hydrogens is 250 g/mol. The van der Waals surface area contributed by atoms with Gasteiger partial charge in [-0.05, 0) is 6.07 Å². The summed E-state index contributed by atoms with van der Waals surface area (Å²) in [4.78, 5) is 10.6. The lowest BCUT2D eigenvalue weighted by molar-refractivity contribution is -0.384. The van der Waals surface area contributed by atoms with Crippen molar-refractivity contribution in [3.8, 4) is 5.75 Å². The van der Waals surface area contributed by atoms with Crippen LogP contribution in [0.25, 0.3) is 0 Å². The molecule has 2 atom stereocenters. The first kappa shape index (κ1) is 13.6. The first-order chi connectivity index (χ1) is 9.15. The van der Waals surface area contributed by atoms with Crippen molar-refractivity contribution in [3.05, 3.63) is 28.3 Å². The van der Waals surface area contributed by atoms with Crippen LogP contribution in [0.1, 0.15) is 0 Å². The standard InChI is InChI=1S/C12H17N3O4/c1-18-8-3-4-11(15(16)17)9(5-8)14-10-6-13-7-12(10)19-2/h3-5,10,12-14H,6-7H2,1-2H3/t10?,12-/m0/s1. The van der Waals surface area contributed by atoms with E-state index in [2.05, 4.69) is 10.6 Å². The largest absolute Gasteiger partial charge is 0.497 e. The molecule has 7 nitrogen and oxygen atoms in total. The first-order valence-electron chi connectivity index (χ1n) is 5.98.